The Morgan fingerprint density at radius 3 is 2.71 bits per heavy atom. The molecule has 4 rings (SSSR count). The van der Waals surface area contributed by atoms with Crippen molar-refractivity contribution < 1.29 is 0 Å². The first-order valence-corrected chi connectivity index (χ1v) is 8.98. The van der Waals surface area contributed by atoms with E-state index in [0.717, 1.165) is 0 Å². The summed E-state index contributed by atoms with van der Waals surface area (Å²) in [5.74, 6) is 0.672. The van der Waals surface area contributed by atoms with E-state index in [1.54, 1.807) is 0 Å². The molecule has 0 N–H and O–H groups in total. The summed E-state index contributed by atoms with van der Waals surface area (Å²) in [5, 5.41) is 1.36. The van der Waals surface area contributed by atoms with E-state index in [1.807, 2.05) is 11.3 Å². The molecule has 0 bridgehead atoms. The van der Waals surface area contributed by atoms with Crippen molar-refractivity contribution in [2.24, 2.45) is 0 Å². The molecule has 0 saturated carbocycles. The van der Waals surface area contributed by atoms with Gasteiger partial charge < -0.3 is 0 Å². The zero-order valence-corrected chi connectivity index (χ0v) is 13.2. The molecule has 0 amide bonds. The molecule has 1 aliphatic heterocycles. The number of benzene rings is 1. The molecular formula is C18H22N2S. The first-order chi connectivity index (χ1) is 10.4. The number of allylic oxidation sites excluding steroid dienone is 1. The Morgan fingerprint density at radius 2 is 1.95 bits per heavy atom. The molecule has 1 aliphatic carbocycles. The molecule has 21 heavy (non-hydrogen) atoms. The zero-order chi connectivity index (χ0) is 14.1. The highest BCUT2D eigenvalue weighted by molar-refractivity contribution is 7.18. The summed E-state index contributed by atoms with van der Waals surface area (Å²) in [6, 6.07) is 9.23. The van der Waals surface area contributed by atoms with Crippen LogP contribution in [0.15, 0.2) is 36.4 Å². The third-order valence-electron chi connectivity index (χ3n) is 4.89. The topological polar surface area (TPSA) is 16.1 Å². The predicted octanol–water partition coefficient (Wildman–Crippen LogP) is 4.58. The third kappa shape index (κ3) is 2.77. The smallest absolute Gasteiger partial charge is 0.0970 e. The van der Waals surface area contributed by atoms with Crippen molar-refractivity contribution in [2.45, 2.75) is 44.1 Å². The Morgan fingerprint density at radius 1 is 1.10 bits per heavy atom. The van der Waals surface area contributed by atoms with Gasteiger partial charge in [0.1, 0.15) is 0 Å². The van der Waals surface area contributed by atoms with Crippen LogP contribution in [0, 0.1) is 0 Å². The second-order valence-corrected chi connectivity index (χ2v) is 7.32. The molecule has 0 radical (unpaired) electrons. The standard InChI is InChI=1S/C18H22N2S/c1-2-6-15(7-3-1)20-12-10-14(11-13-20)18-19-16-8-4-5-9-17(16)21-18/h2,4-6,8-9,14-15H,1,3,7,10-13H2. The van der Waals surface area contributed by atoms with Gasteiger partial charge in [-0.1, -0.05) is 24.3 Å². The Kier molecular flexibility index (Phi) is 3.78. The Hall–Kier alpha value is -1.19. The molecule has 1 aromatic heterocycles. The van der Waals surface area contributed by atoms with Crippen LogP contribution in [0.5, 0.6) is 0 Å². The van der Waals surface area contributed by atoms with Gasteiger partial charge in [0, 0.05) is 12.0 Å². The molecule has 2 aromatic rings. The molecular weight excluding hydrogens is 276 g/mol. The highest BCUT2D eigenvalue weighted by Crippen LogP contribution is 2.34. The van der Waals surface area contributed by atoms with Crippen molar-refractivity contribution in [2.75, 3.05) is 13.1 Å². The van der Waals surface area contributed by atoms with Crippen molar-refractivity contribution in [3.05, 3.63) is 41.4 Å². The number of piperidine rings is 1. The summed E-state index contributed by atoms with van der Waals surface area (Å²) in [4.78, 5) is 7.54. The van der Waals surface area contributed by atoms with E-state index in [0.29, 0.717) is 12.0 Å². The van der Waals surface area contributed by atoms with E-state index in [-0.39, 0.29) is 0 Å². The Balaban J connectivity index is 1.44. The fourth-order valence-corrected chi connectivity index (χ4v) is 4.78. The number of likely N-dealkylation sites (tertiary alicyclic amines) is 1. The van der Waals surface area contributed by atoms with Crippen LogP contribution in [0.4, 0.5) is 0 Å². The summed E-state index contributed by atoms with van der Waals surface area (Å²) < 4.78 is 1.34. The summed E-state index contributed by atoms with van der Waals surface area (Å²) in [6.45, 7) is 2.46. The van der Waals surface area contributed by atoms with Crippen LogP contribution in [0.1, 0.15) is 43.0 Å². The average molecular weight is 298 g/mol. The van der Waals surface area contributed by atoms with Crippen molar-refractivity contribution in [1.29, 1.82) is 0 Å². The number of nitrogens with zero attached hydrogens (tertiary/aromatic N) is 2. The monoisotopic (exact) mass is 298 g/mol. The molecule has 2 aliphatic rings. The molecule has 110 valence electrons. The van der Waals surface area contributed by atoms with E-state index in [9.17, 15) is 0 Å². The summed E-state index contributed by atoms with van der Waals surface area (Å²) >= 11 is 1.90. The van der Waals surface area contributed by atoms with Crippen LogP contribution in [0.3, 0.4) is 0 Å². The van der Waals surface area contributed by atoms with Crippen molar-refractivity contribution in [3.63, 3.8) is 0 Å². The lowest BCUT2D eigenvalue weighted by Crippen LogP contribution is -2.40. The predicted molar refractivity (Wildman–Crippen MR) is 89.9 cm³/mol. The van der Waals surface area contributed by atoms with Crippen molar-refractivity contribution in [3.8, 4) is 0 Å². The van der Waals surface area contributed by atoms with Crippen LogP contribution in [-0.2, 0) is 0 Å². The van der Waals surface area contributed by atoms with Gasteiger partial charge >= 0.3 is 0 Å². The fraction of sp³-hybridized carbons (Fsp3) is 0.500. The van der Waals surface area contributed by atoms with Crippen LogP contribution in [0.25, 0.3) is 10.2 Å². The van der Waals surface area contributed by atoms with Gasteiger partial charge in [-0.15, -0.1) is 11.3 Å². The molecule has 2 heterocycles. The number of hydrogen-bond acceptors (Lipinski definition) is 3. The molecule has 3 heteroatoms. The second-order valence-electron chi connectivity index (χ2n) is 6.26. The minimum absolute atomic E-state index is 0.672. The van der Waals surface area contributed by atoms with Gasteiger partial charge in [-0.3, -0.25) is 4.90 Å². The van der Waals surface area contributed by atoms with E-state index in [1.165, 1.54) is 60.4 Å². The fourth-order valence-electron chi connectivity index (χ4n) is 3.64. The highest BCUT2D eigenvalue weighted by atomic mass is 32.1. The molecule has 1 saturated heterocycles. The number of hydrogen-bond donors (Lipinski definition) is 0. The highest BCUT2D eigenvalue weighted by Gasteiger charge is 2.26. The van der Waals surface area contributed by atoms with Gasteiger partial charge in [0.05, 0.1) is 15.2 Å². The molecule has 1 fully saturated rings. The van der Waals surface area contributed by atoms with E-state index < -0.39 is 0 Å². The molecule has 1 aromatic carbocycles. The lowest BCUT2D eigenvalue weighted by atomic mass is 9.93. The van der Waals surface area contributed by atoms with Crippen LogP contribution in [-0.4, -0.2) is 29.0 Å². The van der Waals surface area contributed by atoms with E-state index in [4.69, 9.17) is 4.98 Å². The Labute approximate surface area is 130 Å². The maximum Gasteiger partial charge on any atom is 0.0970 e. The van der Waals surface area contributed by atoms with Gasteiger partial charge in [-0.2, -0.15) is 0 Å². The quantitative estimate of drug-likeness (QED) is 0.754. The third-order valence-corrected chi connectivity index (χ3v) is 6.09. The van der Waals surface area contributed by atoms with Gasteiger partial charge in [-0.25, -0.2) is 4.98 Å². The van der Waals surface area contributed by atoms with Crippen LogP contribution >= 0.6 is 11.3 Å². The number of thiazole rings is 1. The van der Waals surface area contributed by atoms with Crippen molar-refractivity contribution >= 4 is 21.6 Å². The van der Waals surface area contributed by atoms with Crippen molar-refractivity contribution in [1.82, 2.24) is 9.88 Å². The van der Waals surface area contributed by atoms with E-state index in [2.05, 4.69) is 41.3 Å². The molecule has 0 spiro atoms. The summed E-state index contributed by atoms with van der Waals surface area (Å²) in [6.07, 6.45) is 11.3. The minimum atomic E-state index is 0.672. The molecule has 2 nitrogen and oxygen atoms in total. The maximum absolute atomic E-state index is 4.86. The summed E-state index contributed by atoms with van der Waals surface area (Å²) in [7, 11) is 0. The van der Waals surface area contributed by atoms with Crippen LogP contribution < -0.4 is 0 Å². The largest absolute Gasteiger partial charge is 0.297 e. The first-order valence-electron chi connectivity index (χ1n) is 8.16. The maximum atomic E-state index is 4.86. The zero-order valence-electron chi connectivity index (χ0n) is 12.4. The normalized spacial score (nSPS) is 24.7. The average Bonchev–Trinajstić information content (AvgIpc) is 3.00. The lowest BCUT2D eigenvalue weighted by Gasteiger charge is -2.36. The van der Waals surface area contributed by atoms with Crippen LogP contribution in [0.2, 0.25) is 0 Å². The summed E-state index contributed by atoms with van der Waals surface area (Å²) in [5.41, 5.74) is 1.18. The van der Waals surface area contributed by atoms with Gasteiger partial charge in [0.2, 0.25) is 0 Å². The number of fused-ring (bicyclic) bond motifs is 1. The van der Waals surface area contributed by atoms with Gasteiger partial charge in [-0.05, 0) is 57.3 Å². The molecule has 1 unspecified atom stereocenters. The van der Waals surface area contributed by atoms with E-state index >= 15 is 0 Å². The first kappa shape index (κ1) is 13.5. The number of para-hydroxylation sites is 1. The SMILES string of the molecule is C1=CC(N2CCC(c3nc4ccccc4s3)CC2)CCC1. The second kappa shape index (κ2) is 5.90. The Bertz CT molecular complexity index is 604. The number of rotatable bonds is 2. The minimum Gasteiger partial charge on any atom is -0.297 e. The molecule has 1 atom stereocenters. The van der Waals surface area contributed by atoms with Gasteiger partial charge in [0.15, 0.2) is 0 Å². The van der Waals surface area contributed by atoms with Gasteiger partial charge in [0.25, 0.3) is 0 Å². The lowest BCUT2D eigenvalue weighted by molar-refractivity contribution is 0.167. The number of aromatic nitrogens is 1.